The fourth-order valence-corrected chi connectivity index (χ4v) is 2.42. The second kappa shape index (κ2) is 5.87. The Bertz CT molecular complexity index is 420. The Morgan fingerprint density at radius 3 is 2.72 bits per heavy atom. The van der Waals surface area contributed by atoms with Crippen molar-refractivity contribution in [1.29, 1.82) is 0 Å². The van der Waals surface area contributed by atoms with Crippen LogP contribution < -0.4 is 10.6 Å². The van der Waals surface area contributed by atoms with Gasteiger partial charge in [0.2, 0.25) is 0 Å². The maximum atomic E-state index is 12.2. The van der Waals surface area contributed by atoms with Crippen molar-refractivity contribution < 1.29 is 9.90 Å². The molecule has 0 aliphatic heterocycles. The quantitative estimate of drug-likeness (QED) is 0.764. The van der Waals surface area contributed by atoms with Crippen LogP contribution in [0.5, 0.6) is 0 Å². The molecule has 0 aromatic heterocycles. The number of para-hydroxylation sites is 1. The number of aliphatic hydroxyl groups is 1. The second-order valence-electron chi connectivity index (χ2n) is 4.73. The lowest BCUT2D eigenvalue weighted by molar-refractivity contribution is 0.0718. The molecule has 1 aromatic rings. The molecule has 1 aliphatic carbocycles. The van der Waals surface area contributed by atoms with Crippen LogP contribution in [0.3, 0.4) is 0 Å². The summed E-state index contributed by atoms with van der Waals surface area (Å²) < 4.78 is 0. The molecular formula is C14H20N2O2. The van der Waals surface area contributed by atoms with Gasteiger partial charge in [0.1, 0.15) is 0 Å². The first-order chi connectivity index (χ1) is 8.72. The van der Waals surface area contributed by atoms with E-state index >= 15 is 0 Å². The molecule has 0 unspecified atom stereocenters. The van der Waals surface area contributed by atoms with Crippen molar-refractivity contribution in [3.8, 4) is 0 Å². The zero-order valence-corrected chi connectivity index (χ0v) is 10.6. The van der Waals surface area contributed by atoms with Gasteiger partial charge in [0, 0.05) is 12.7 Å². The number of rotatable bonds is 3. The van der Waals surface area contributed by atoms with Gasteiger partial charge in [-0.1, -0.05) is 25.0 Å². The SMILES string of the molecule is CNc1ccccc1C(=O)N[C@@H]1CCCC[C@H]1O. The summed E-state index contributed by atoms with van der Waals surface area (Å²) in [6.07, 6.45) is 3.33. The summed E-state index contributed by atoms with van der Waals surface area (Å²) in [7, 11) is 1.79. The lowest BCUT2D eigenvalue weighted by Crippen LogP contribution is -2.45. The molecule has 4 heteroatoms. The molecule has 0 saturated heterocycles. The predicted octanol–water partition coefficient (Wildman–Crippen LogP) is 1.76. The van der Waals surface area contributed by atoms with E-state index in [-0.39, 0.29) is 11.9 Å². The molecule has 18 heavy (non-hydrogen) atoms. The highest BCUT2D eigenvalue weighted by Crippen LogP contribution is 2.20. The highest BCUT2D eigenvalue weighted by atomic mass is 16.3. The van der Waals surface area contributed by atoms with Gasteiger partial charge in [-0.3, -0.25) is 4.79 Å². The lowest BCUT2D eigenvalue weighted by atomic mass is 9.92. The van der Waals surface area contributed by atoms with Gasteiger partial charge < -0.3 is 15.7 Å². The molecule has 0 bridgehead atoms. The van der Waals surface area contributed by atoms with Crippen molar-refractivity contribution in [3.63, 3.8) is 0 Å². The lowest BCUT2D eigenvalue weighted by Gasteiger charge is -2.28. The molecule has 1 aromatic carbocycles. The number of carbonyl (C=O) groups is 1. The molecule has 3 N–H and O–H groups in total. The summed E-state index contributed by atoms with van der Waals surface area (Å²) in [6, 6.07) is 7.27. The van der Waals surface area contributed by atoms with E-state index in [1.165, 1.54) is 0 Å². The molecule has 2 atom stereocenters. The topological polar surface area (TPSA) is 61.4 Å². The van der Waals surface area contributed by atoms with Crippen LogP contribution in [0.1, 0.15) is 36.0 Å². The van der Waals surface area contributed by atoms with Crippen LogP contribution in [0.15, 0.2) is 24.3 Å². The smallest absolute Gasteiger partial charge is 0.253 e. The van der Waals surface area contributed by atoms with Crippen LogP contribution in [0.4, 0.5) is 5.69 Å². The van der Waals surface area contributed by atoms with E-state index in [9.17, 15) is 9.90 Å². The molecule has 0 heterocycles. The van der Waals surface area contributed by atoms with Crippen molar-refractivity contribution in [3.05, 3.63) is 29.8 Å². The summed E-state index contributed by atoms with van der Waals surface area (Å²) in [4.78, 5) is 12.2. The maximum absolute atomic E-state index is 12.2. The third kappa shape index (κ3) is 2.82. The number of amides is 1. The third-order valence-electron chi connectivity index (χ3n) is 3.49. The van der Waals surface area contributed by atoms with Crippen LogP contribution in [0, 0.1) is 0 Å². The zero-order chi connectivity index (χ0) is 13.0. The van der Waals surface area contributed by atoms with Crippen LogP contribution in [-0.2, 0) is 0 Å². The Hall–Kier alpha value is -1.55. The zero-order valence-electron chi connectivity index (χ0n) is 10.6. The van der Waals surface area contributed by atoms with Crippen LogP contribution in [0.25, 0.3) is 0 Å². The summed E-state index contributed by atoms with van der Waals surface area (Å²) in [5, 5.41) is 15.8. The maximum Gasteiger partial charge on any atom is 0.253 e. The molecular weight excluding hydrogens is 228 g/mol. The minimum absolute atomic E-state index is 0.115. The summed E-state index contributed by atoms with van der Waals surface area (Å²) >= 11 is 0. The van der Waals surface area contributed by atoms with Crippen molar-refractivity contribution in [2.45, 2.75) is 37.8 Å². The molecule has 0 spiro atoms. The Kier molecular flexibility index (Phi) is 4.20. The number of anilines is 1. The molecule has 1 amide bonds. The molecule has 1 saturated carbocycles. The van der Waals surface area contributed by atoms with E-state index in [0.29, 0.717) is 5.56 Å². The van der Waals surface area contributed by atoms with Gasteiger partial charge >= 0.3 is 0 Å². The van der Waals surface area contributed by atoms with Crippen LogP contribution in [0.2, 0.25) is 0 Å². The van der Waals surface area contributed by atoms with Crippen molar-refractivity contribution in [2.24, 2.45) is 0 Å². The van der Waals surface area contributed by atoms with Crippen molar-refractivity contribution >= 4 is 11.6 Å². The fourth-order valence-electron chi connectivity index (χ4n) is 2.42. The number of benzene rings is 1. The molecule has 4 nitrogen and oxygen atoms in total. The van der Waals surface area contributed by atoms with E-state index < -0.39 is 6.10 Å². The number of aliphatic hydroxyl groups excluding tert-OH is 1. The molecule has 0 radical (unpaired) electrons. The Labute approximate surface area is 107 Å². The summed E-state index contributed by atoms with van der Waals surface area (Å²) in [5.74, 6) is -0.120. The Morgan fingerprint density at radius 2 is 2.00 bits per heavy atom. The fraction of sp³-hybridized carbons (Fsp3) is 0.500. The van der Waals surface area contributed by atoms with Gasteiger partial charge in [0.15, 0.2) is 0 Å². The highest BCUT2D eigenvalue weighted by molar-refractivity contribution is 5.99. The summed E-state index contributed by atoms with van der Waals surface area (Å²) in [5.41, 5.74) is 1.43. The molecule has 1 aliphatic rings. The van der Waals surface area contributed by atoms with E-state index in [0.717, 1.165) is 31.4 Å². The Morgan fingerprint density at radius 1 is 1.28 bits per heavy atom. The normalized spacial score (nSPS) is 23.4. The largest absolute Gasteiger partial charge is 0.391 e. The van der Waals surface area contributed by atoms with Gasteiger partial charge in [0.05, 0.1) is 17.7 Å². The number of hydrogen-bond acceptors (Lipinski definition) is 3. The second-order valence-corrected chi connectivity index (χ2v) is 4.73. The van der Waals surface area contributed by atoms with Crippen molar-refractivity contribution in [1.82, 2.24) is 5.32 Å². The molecule has 2 rings (SSSR count). The minimum atomic E-state index is -0.413. The standard InChI is InChI=1S/C14H20N2O2/c1-15-11-7-3-2-6-10(11)14(18)16-12-8-4-5-9-13(12)17/h2-3,6-7,12-13,15,17H,4-5,8-9H2,1H3,(H,16,18)/t12-,13-/m1/s1. The van der Waals surface area contributed by atoms with Gasteiger partial charge in [0.25, 0.3) is 5.91 Å². The molecule has 1 fully saturated rings. The van der Waals surface area contributed by atoms with E-state index in [4.69, 9.17) is 0 Å². The predicted molar refractivity (Wildman–Crippen MR) is 71.7 cm³/mol. The number of hydrogen-bond donors (Lipinski definition) is 3. The van der Waals surface area contributed by atoms with E-state index in [1.54, 1.807) is 13.1 Å². The molecule has 98 valence electrons. The minimum Gasteiger partial charge on any atom is -0.391 e. The summed E-state index contributed by atoms with van der Waals surface area (Å²) in [6.45, 7) is 0. The van der Waals surface area contributed by atoms with Gasteiger partial charge in [-0.15, -0.1) is 0 Å². The van der Waals surface area contributed by atoms with E-state index in [1.807, 2.05) is 18.2 Å². The van der Waals surface area contributed by atoms with Crippen LogP contribution in [-0.4, -0.2) is 30.2 Å². The van der Waals surface area contributed by atoms with Crippen molar-refractivity contribution in [2.75, 3.05) is 12.4 Å². The van der Waals surface area contributed by atoms with E-state index in [2.05, 4.69) is 10.6 Å². The van der Waals surface area contributed by atoms with Crippen LogP contribution >= 0.6 is 0 Å². The number of nitrogens with one attached hydrogen (secondary N) is 2. The first kappa shape index (κ1) is 12.9. The van der Waals surface area contributed by atoms with Gasteiger partial charge in [-0.2, -0.15) is 0 Å². The third-order valence-corrected chi connectivity index (χ3v) is 3.49. The average Bonchev–Trinajstić information content (AvgIpc) is 2.41. The monoisotopic (exact) mass is 248 g/mol. The van der Waals surface area contributed by atoms with Gasteiger partial charge in [-0.05, 0) is 25.0 Å². The number of carbonyl (C=O) groups excluding carboxylic acids is 1. The first-order valence-corrected chi connectivity index (χ1v) is 6.48. The highest BCUT2D eigenvalue weighted by Gasteiger charge is 2.25. The van der Waals surface area contributed by atoms with Gasteiger partial charge in [-0.25, -0.2) is 0 Å². The Balaban J connectivity index is 2.07. The first-order valence-electron chi connectivity index (χ1n) is 6.48. The average molecular weight is 248 g/mol.